The van der Waals surface area contributed by atoms with E-state index in [1.165, 1.54) is 12.8 Å². The summed E-state index contributed by atoms with van der Waals surface area (Å²) >= 11 is 0. The highest BCUT2D eigenvalue weighted by molar-refractivity contribution is 5.29. The minimum atomic E-state index is 0.252. The van der Waals surface area contributed by atoms with Crippen molar-refractivity contribution in [3.05, 3.63) is 12.3 Å². The second-order valence-electron chi connectivity index (χ2n) is 4.38. The van der Waals surface area contributed by atoms with Crippen molar-refractivity contribution in [2.75, 3.05) is 19.0 Å². The van der Waals surface area contributed by atoms with Gasteiger partial charge in [0.2, 0.25) is 11.8 Å². The number of nitrogens with one attached hydrogen (secondary N) is 1. The zero-order chi connectivity index (χ0) is 12.1. The van der Waals surface area contributed by atoms with E-state index in [0.717, 1.165) is 12.8 Å². The molecule has 5 heteroatoms. The van der Waals surface area contributed by atoms with E-state index in [1.54, 1.807) is 19.4 Å². The van der Waals surface area contributed by atoms with Gasteiger partial charge in [0.25, 0.3) is 0 Å². The van der Waals surface area contributed by atoms with E-state index < -0.39 is 0 Å². The molecule has 0 radical (unpaired) electrons. The average Bonchev–Trinajstić information content (AvgIpc) is 2.78. The second-order valence-corrected chi connectivity index (χ2v) is 4.38. The molecule has 1 fully saturated rings. The fourth-order valence-electron chi connectivity index (χ4n) is 2.43. The first kappa shape index (κ1) is 12.1. The number of aliphatic hydroxyl groups excluding tert-OH is 1. The predicted octanol–water partition coefficient (Wildman–Crippen LogP) is 1.45. The van der Waals surface area contributed by atoms with Crippen LogP contribution < -0.4 is 10.1 Å². The first-order valence-corrected chi connectivity index (χ1v) is 6.08. The fraction of sp³-hybridized carbons (Fsp3) is 0.667. The Morgan fingerprint density at radius 3 is 3.18 bits per heavy atom. The molecule has 1 aliphatic carbocycles. The molecule has 1 aromatic heterocycles. The van der Waals surface area contributed by atoms with Crippen molar-refractivity contribution in [3.63, 3.8) is 0 Å². The number of aromatic nitrogens is 2. The van der Waals surface area contributed by atoms with Crippen LogP contribution in [0.2, 0.25) is 0 Å². The number of methoxy groups -OCH3 is 1. The summed E-state index contributed by atoms with van der Waals surface area (Å²) in [5, 5.41) is 12.4. The third-order valence-electron chi connectivity index (χ3n) is 3.31. The lowest BCUT2D eigenvalue weighted by atomic mass is 10.0. The van der Waals surface area contributed by atoms with Crippen LogP contribution in [0.15, 0.2) is 12.3 Å². The van der Waals surface area contributed by atoms with Crippen molar-refractivity contribution >= 4 is 5.95 Å². The van der Waals surface area contributed by atoms with Crippen LogP contribution in [-0.4, -0.2) is 34.8 Å². The third kappa shape index (κ3) is 3.06. The SMILES string of the molecule is COc1ccnc(NC2CCCC2CCO)n1. The lowest BCUT2D eigenvalue weighted by molar-refractivity contribution is 0.254. The van der Waals surface area contributed by atoms with Crippen molar-refractivity contribution in [2.24, 2.45) is 5.92 Å². The van der Waals surface area contributed by atoms with E-state index in [0.29, 0.717) is 23.8 Å². The van der Waals surface area contributed by atoms with Crippen LogP contribution in [0.1, 0.15) is 25.7 Å². The van der Waals surface area contributed by atoms with E-state index in [9.17, 15) is 0 Å². The number of ether oxygens (including phenoxy) is 1. The molecule has 0 saturated heterocycles. The van der Waals surface area contributed by atoms with Gasteiger partial charge in [-0.15, -0.1) is 0 Å². The van der Waals surface area contributed by atoms with Crippen molar-refractivity contribution in [2.45, 2.75) is 31.7 Å². The Morgan fingerprint density at radius 1 is 1.53 bits per heavy atom. The molecule has 2 rings (SSSR count). The van der Waals surface area contributed by atoms with Gasteiger partial charge in [0, 0.05) is 24.9 Å². The summed E-state index contributed by atoms with van der Waals surface area (Å²) in [6, 6.07) is 2.10. The van der Waals surface area contributed by atoms with Gasteiger partial charge in [-0.3, -0.25) is 0 Å². The van der Waals surface area contributed by atoms with E-state index in [-0.39, 0.29) is 6.61 Å². The zero-order valence-electron chi connectivity index (χ0n) is 10.1. The lowest BCUT2D eigenvalue weighted by Crippen LogP contribution is -2.25. The van der Waals surface area contributed by atoms with Crippen LogP contribution in [0, 0.1) is 5.92 Å². The average molecular weight is 237 g/mol. The van der Waals surface area contributed by atoms with Crippen LogP contribution in [0.25, 0.3) is 0 Å². The van der Waals surface area contributed by atoms with Gasteiger partial charge < -0.3 is 15.2 Å². The first-order chi connectivity index (χ1) is 8.33. The van der Waals surface area contributed by atoms with Crippen LogP contribution in [0.3, 0.4) is 0 Å². The van der Waals surface area contributed by atoms with Crippen LogP contribution in [0.5, 0.6) is 5.88 Å². The monoisotopic (exact) mass is 237 g/mol. The normalized spacial score (nSPS) is 23.6. The van der Waals surface area contributed by atoms with Crippen molar-refractivity contribution in [1.29, 1.82) is 0 Å². The minimum absolute atomic E-state index is 0.252. The molecule has 0 aliphatic heterocycles. The molecule has 1 aliphatic rings. The fourth-order valence-corrected chi connectivity index (χ4v) is 2.43. The number of hydrogen-bond donors (Lipinski definition) is 2. The Labute approximate surface area is 101 Å². The molecule has 2 unspecified atom stereocenters. The van der Waals surface area contributed by atoms with Gasteiger partial charge >= 0.3 is 0 Å². The molecule has 0 bridgehead atoms. The highest BCUT2D eigenvalue weighted by Crippen LogP contribution is 2.30. The summed E-state index contributed by atoms with van der Waals surface area (Å²) in [5.74, 6) is 1.70. The molecule has 0 aromatic carbocycles. The first-order valence-electron chi connectivity index (χ1n) is 6.08. The Bertz CT molecular complexity index is 359. The molecular formula is C12H19N3O2. The standard InChI is InChI=1S/C12H19N3O2/c1-17-11-5-7-13-12(15-11)14-10-4-2-3-9(10)6-8-16/h5,7,9-10,16H,2-4,6,8H2,1H3,(H,13,14,15). The predicted molar refractivity (Wildman–Crippen MR) is 65.0 cm³/mol. The topological polar surface area (TPSA) is 67.3 Å². The largest absolute Gasteiger partial charge is 0.481 e. The van der Waals surface area contributed by atoms with Gasteiger partial charge in [0.05, 0.1) is 7.11 Å². The third-order valence-corrected chi connectivity index (χ3v) is 3.31. The van der Waals surface area contributed by atoms with Gasteiger partial charge in [0.1, 0.15) is 0 Å². The number of anilines is 1. The highest BCUT2D eigenvalue weighted by atomic mass is 16.5. The molecule has 2 atom stereocenters. The summed E-state index contributed by atoms with van der Waals surface area (Å²) in [5.41, 5.74) is 0. The Hall–Kier alpha value is -1.36. The van der Waals surface area contributed by atoms with Crippen molar-refractivity contribution < 1.29 is 9.84 Å². The number of rotatable bonds is 5. The quantitative estimate of drug-likeness (QED) is 0.811. The molecule has 1 aromatic rings. The van der Waals surface area contributed by atoms with E-state index >= 15 is 0 Å². The van der Waals surface area contributed by atoms with Crippen molar-refractivity contribution in [3.8, 4) is 5.88 Å². The molecular weight excluding hydrogens is 218 g/mol. The van der Waals surface area contributed by atoms with Gasteiger partial charge in [-0.1, -0.05) is 6.42 Å². The maximum Gasteiger partial charge on any atom is 0.226 e. The summed E-state index contributed by atoms with van der Waals surface area (Å²) in [7, 11) is 1.59. The molecule has 1 heterocycles. The van der Waals surface area contributed by atoms with E-state index in [2.05, 4.69) is 15.3 Å². The molecule has 0 amide bonds. The maximum atomic E-state index is 9.01. The van der Waals surface area contributed by atoms with Crippen LogP contribution in [0.4, 0.5) is 5.95 Å². The summed E-state index contributed by atoms with van der Waals surface area (Å²) < 4.78 is 5.06. The highest BCUT2D eigenvalue weighted by Gasteiger charge is 2.27. The maximum absolute atomic E-state index is 9.01. The number of hydrogen-bond acceptors (Lipinski definition) is 5. The summed E-state index contributed by atoms with van der Waals surface area (Å²) in [6.07, 6.45) is 6.02. The lowest BCUT2D eigenvalue weighted by Gasteiger charge is -2.20. The number of nitrogens with zero attached hydrogens (tertiary/aromatic N) is 2. The molecule has 0 spiro atoms. The Balaban J connectivity index is 1.99. The van der Waals surface area contributed by atoms with Gasteiger partial charge in [0.15, 0.2) is 0 Å². The molecule has 5 nitrogen and oxygen atoms in total. The molecule has 94 valence electrons. The van der Waals surface area contributed by atoms with Crippen molar-refractivity contribution in [1.82, 2.24) is 9.97 Å². The van der Waals surface area contributed by atoms with E-state index in [4.69, 9.17) is 9.84 Å². The van der Waals surface area contributed by atoms with Gasteiger partial charge in [-0.2, -0.15) is 4.98 Å². The van der Waals surface area contributed by atoms with E-state index in [1.807, 2.05) is 0 Å². The molecule has 1 saturated carbocycles. The van der Waals surface area contributed by atoms with Crippen LogP contribution in [-0.2, 0) is 0 Å². The summed E-state index contributed by atoms with van der Waals surface area (Å²) in [6.45, 7) is 0.252. The minimum Gasteiger partial charge on any atom is -0.481 e. The molecule has 17 heavy (non-hydrogen) atoms. The van der Waals surface area contributed by atoms with Crippen LogP contribution >= 0.6 is 0 Å². The Kier molecular flexibility index (Phi) is 4.14. The zero-order valence-corrected chi connectivity index (χ0v) is 10.1. The molecule has 2 N–H and O–H groups in total. The van der Waals surface area contributed by atoms with Gasteiger partial charge in [-0.25, -0.2) is 4.98 Å². The number of aliphatic hydroxyl groups is 1. The summed E-state index contributed by atoms with van der Waals surface area (Å²) in [4.78, 5) is 8.42. The Morgan fingerprint density at radius 2 is 2.41 bits per heavy atom. The smallest absolute Gasteiger partial charge is 0.226 e. The van der Waals surface area contributed by atoms with Gasteiger partial charge in [-0.05, 0) is 25.2 Å². The second kappa shape index (κ2) is 5.82.